The van der Waals surface area contributed by atoms with Crippen molar-refractivity contribution in [3.8, 4) is 0 Å². The van der Waals surface area contributed by atoms with Gasteiger partial charge in [-0.2, -0.15) is 0 Å². The van der Waals surface area contributed by atoms with Gasteiger partial charge in [-0.15, -0.1) is 0 Å². The first-order valence-electron chi connectivity index (χ1n) is 4.77. The summed E-state index contributed by atoms with van der Waals surface area (Å²) in [6.07, 6.45) is 2.66. The molecule has 0 saturated heterocycles. The zero-order valence-electron chi connectivity index (χ0n) is 9.61. The van der Waals surface area contributed by atoms with E-state index in [0.29, 0.717) is 5.71 Å². The van der Waals surface area contributed by atoms with Gasteiger partial charge in [0.15, 0.2) is 0 Å². The number of nitrogens with zero attached hydrogens (tertiary/aromatic N) is 1. The number of halogens is 1. The van der Waals surface area contributed by atoms with Crippen LogP contribution >= 0.6 is 15.9 Å². The fourth-order valence-corrected chi connectivity index (χ4v) is 1.15. The van der Waals surface area contributed by atoms with Crippen LogP contribution < -0.4 is 0 Å². The zero-order valence-corrected chi connectivity index (χ0v) is 11.2. The summed E-state index contributed by atoms with van der Waals surface area (Å²) in [7, 11) is 0. The van der Waals surface area contributed by atoms with Gasteiger partial charge in [0.05, 0.1) is 4.48 Å². The van der Waals surface area contributed by atoms with Crippen LogP contribution in [0.25, 0.3) is 0 Å². The van der Waals surface area contributed by atoms with Crippen LogP contribution in [0.1, 0.15) is 41.0 Å². The SMILES string of the molecule is CCC(=N/C=C(/Br)C(C)=N)C(C)(C)C. The van der Waals surface area contributed by atoms with Crippen molar-refractivity contribution in [3.05, 3.63) is 10.7 Å². The molecule has 0 aromatic heterocycles. The average molecular weight is 259 g/mol. The second-order valence-corrected chi connectivity index (χ2v) is 5.14. The van der Waals surface area contributed by atoms with Crippen molar-refractivity contribution in [1.82, 2.24) is 0 Å². The van der Waals surface area contributed by atoms with E-state index in [-0.39, 0.29) is 5.41 Å². The summed E-state index contributed by atoms with van der Waals surface area (Å²) < 4.78 is 0.743. The Morgan fingerprint density at radius 3 is 2.21 bits per heavy atom. The minimum atomic E-state index is 0.106. The zero-order chi connectivity index (χ0) is 11.4. The lowest BCUT2D eigenvalue weighted by Gasteiger charge is -2.19. The Labute approximate surface area is 95.1 Å². The van der Waals surface area contributed by atoms with E-state index in [4.69, 9.17) is 5.41 Å². The van der Waals surface area contributed by atoms with E-state index in [9.17, 15) is 0 Å². The molecule has 0 spiro atoms. The molecule has 0 fully saturated rings. The summed E-state index contributed by atoms with van der Waals surface area (Å²) in [5.74, 6) is 0. The molecule has 3 heteroatoms. The highest BCUT2D eigenvalue weighted by molar-refractivity contribution is 9.12. The fourth-order valence-electron chi connectivity index (χ4n) is 1.05. The molecule has 0 aliphatic carbocycles. The summed E-state index contributed by atoms with van der Waals surface area (Å²) in [6, 6.07) is 0. The summed E-state index contributed by atoms with van der Waals surface area (Å²) >= 11 is 3.30. The molecular weight excluding hydrogens is 240 g/mol. The molecular formula is C11H19BrN2. The Hall–Kier alpha value is -0.440. The highest BCUT2D eigenvalue weighted by Crippen LogP contribution is 2.19. The molecule has 14 heavy (non-hydrogen) atoms. The maximum absolute atomic E-state index is 7.37. The van der Waals surface area contributed by atoms with Gasteiger partial charge in [-0.05, 0) is 29.3 Å². The van der Waals surface area contributed by atoms with E-state index >= 15 is 0 Å². The Kier molecular flexibility index (Phi) is 5.27. The summed E-state index contributed by atoms with van der Waals surface area (Å²) in [5.41, 5.74) is 1.75. The highest BCUT2D eigenvalue weighted by Gasteiger charge is 2.16. The molecule has 80 valence electrons. The molecule has 0 radical (unpaired) electrons. The monoisotopic (exact) mass is 258 g/mol. The third-order valence-corrected chi connectivity index (χ3v) is 2.69. The normalized spacial score (nSPS) is 14.4. The van der Waals surface area contributed by atoms with Gasteiger partial charge in [-0.3, -0.25) is 4.99 Å². The van der Waals surface area contributed by atoms with Crippen LogP contribution in [0.5, 0.6) is 0 Å². The van der Waals surface area contributed by atoms with Crippen molar-refractivity contribution >= 4 is 27.4 Å². The van der Waals surface area contributed by atoms with E-state index in [1.54, 1.807) is 13.1 Å². The molecule has 0 aliphatic heterocycles. The molecule has 0 amide bonds. The lowest BCUT2D eigenvalue weighted by atomic mass is 9.88. The van der Waals surface area contributed by atoms with E-state index in [2.05, 4.69) is 48.6 Å². The highest BCUT2D eigenvalue weighted by atomic mass is 79.9. The number of allylic oxidation sites excluding steroid dienone is 1. The number of hydrogen-bond donors (Lipinski definition) is 1. The smallest absolute Gasteiger partial charge is 0.0563 e. The van der Waals surface area contributed by atoms with Gasteiger partial charge >= 0.3 is 0 Å². The van der Waals surface area contributed by atoms with Crippen LogP contribution in [0.2, 0.25) is 0 Å². The standard InChI is InChI=1S/C11H19BrN2/c1-6-10(11(3,4)5)14-7-9(12)8(2)13/h7,13H,6H2,1-5H3/b9-7+,13-8?,14-10?. The van der Waals surface area contributed by atoms with Gasteiger partial charge < -0.3 is 5.41 Å². The largest absolute Gasteiger partial charge is 0.304 e. The van der Waals surface area contributed by atoms with Crippen molar-refractivity contribution in [3.63, 3.8) is 0 Å². The van der Waals surface area contributed by atoms with Crippen LogP contribution in [-0.2, 0) is 0 Å². The van der Waals surface area contributed by atoms with E-state index in [1.165, 1.54) is 0 Å². The molecule has 0 rings (SSSR count). The first-order chi connectivity index (χ1) is 6.29. The number of nitrogens with one attached hydrogen (secondary N) is 1. The van der Waals surface area contributed by atoms with Crippen molar-refractivity contribution in [2.75, 3.05) is 0 Å². The number of hydrogen-bond acceptors (Lipinski definition) is 2. The van der Waals surface area contributed by atoms with Crippen LogP contribution in [-0.4, -0.2) is 11.4 Å². The van der Waals surface area contributed by atoms with Crippen molar-refractivity contribution in [2.24, 2.45) is 10.4 Å². The second kappa shape index (κ2) is 5.44. The van der Waals surface area contributed by atoms with Crippen LogP contribution in [0.15, 0.2) is 15.7 Å². The average Bonchev–Trinajstić information content (AvgIpc) is 2.02. The molecule has 0 bridgehead atoms. The third-order valence-electron chi connectivity index (χ3n) is 1.89. The first kappa shape index (κ1) is 13.6. The summed E-state index contributed by atoms with van der Waals surface area (Å²) in [6.45, 7) is 10.3. The lowest BCUT2D eigenvalue weighted by Crippen LogP contribution is -2.18. The fraction of sp³-hybridized carbons (Fsp3) is 0.636. The Bertz CT molecular complexity index is 270. The van der Waals surface area contributed by atoms with Gasteiger partial charge in [0.25, 0.3) is 0 Å². The molecule has 0 saturated carbocycles. The van der Waals surface area contributed by atoms with Gasteiger partial charge in [-0.25, -0.2) is 0 Å². The van der Waals surface area contributed by atoms with E-state index in [1.807, 2.05) is 0 Å². The Morgan fingerprint density at radius 2 is 1.93 bits per heavy atom. The molecule has 1 N–H and O–H groups in total. The molecule has 0 aromatic carbocycles. The summed E-state index contributed by atoms with van der Waals surface area (Å²) in [4.78, 5) is 4.40. The van der Waals surface area contributed by atoms with Gasteiger partial charge in [0, 0.05) is 23.0 Å². The number of aliphatic imine (C=N–C) groups is 1. The van der Waals surface area contributed by atoms with E-state index in [0.717, 1.165) is 16.6 Å². The predicted molar refractivity (Wildman–Crippen MR) is 67.6 cm³/mol. The van der Waals surface area contributed by atoms with Crippen molar-refractivity contribution in [1.29, 1.82) is 5.41 Å². The van der Waals surface area contributed by atoms with Gasteiger partial charge in [0.2, 0.25) is 0 Å². The maximum Gasteiger partial charge on any atom is 0.0563 e. The Morgan fingerprint density at radius 1 is 1.43 bits per heavy atom. The molecule has 0 aromatic rings. The van der Waals surface area contributed by atoms with E-state index < -0.39 is 0 Å². The predicted octanol–water partition coefficient (Wildman–Crippen LogP) is 4.16. The topological polar surface area (TPSA) is 36.2 Å². The maximum atomic E-state index is 7.37. The molecule has 0 unspecified atom stereocenters. The summed E-state index contributed by atoms with van der Waals surface area (Å²) in [5, 5.41) is 7.37. The molecule has 0 atom stereocenters. The van der Waals surface area contributed by atoms with Gasteiger partial charge in [-0.1, -0.05) is 27.7 Å². The van der Waals surface area contributed by atoms with Gasteiger partial charge in [0.1, 0.15) is 0 Å². The minimum Gasteiger partial charge on any atom is -0.304 e. The second-order valence-electron chi connectivity index (χ2n) is 4.28. The van der Waals surface area contributed by atoms with Crippen molar-refractivity contribution < 1.29 is 0 Å². The third kappa shape index (κ3) is 4.70. The van der Waals surface area contributed by atoms with Crippen LogP contribution in [0, 0.1) is 10.8 Å². The van der Waals surface area contributed by atoms with Crippen LogP contribution in [0.3, 0.4) is 0 Å². The van der Waals surface area contributed by atoms with Crippen molar-refractivity contribution in [2.45, 2.75) is 41.0 Å². The molecule has 0 heterocycles. The quantitative estimate of drug-likeness (QED) is 0.739. The first-order valence-corrected chi connectivity index (χ1v) is 5.56. The molecule has 2 nitrogen and oxygen atoms in total. The van der Waals surface area contributed by atoms with Crippen LogP contribution in [0.4, 0.5) is 0 Å². The lowest BCUT2D eigenvalue weighted by molar-refractivity contribution is 0.580. The number of rotatable bonds is 3. The Balaban J connectivity index is 4.80. The minimum absolute atomic E-state index is 0.106. The molecule has 0 aliphatic rings.